The van der Waals surface area contributed by atoms with E-state index in [0.29, 0.717) is 24.6 Å². The molecular weight excluding hydrogens is 256 g/mol. The highest BCUT2D eigenvalue weighted by Gasteiger charge is 2.41. The number of rotatable bonds is 4. The van der Waals surface area contributed by atoms with E-state index >= 15 is 0 Å². The summed E-state index contributed by atoms with van der Waals surface area (Å²) in [7, 11) is -1.94. The van der Waals surface area contributed by atoms with Gasteiger partial charge in [0.1, 0.15) is 5.82 Å². The maximum atomic E-state index is 11.9. The molecule has 1 aliphatic heterocycles. The van der Waals surface area contributed by atoms with E-state index in [4.69, 9.17) is 4.74 Å². The fourth-order valence-electron chi connectivity index (χ4n) is 2.06. The van der Waals surface area contributed by atoms with Crippen LogP contribution in [-0.2, 0) is 14.8 Å². The van der Waals surface area contributed by atoms with Crippen molar-refractivity contribution in [1.82, 2.24) is 19.5 Å². The fourth-order valence-corrected chi connectivity index (χ4v) is 3.16. The quantitative estimate of drug-likeness (QED) is 0.854. The van der Waals surface area contributed by atoms with Gasteiger partial charge in [-0.2, -0.15) is 9.40 Å². The van der Waals surface area contributed by atoms with Crippen LogP contribution in [0.25, 0.3) is 0 Å². The van der Waals surface area contributed by atoms with Crippen molar-refractivity contribution in [3.63, 3.8) is 0 Å². The zero-order valence-electron chi connectivity index (χ0n) is 10.3. The summed E-state index contributed by atoms with van der Waals surface area (Å²) >= 11 is 0. The molecule has 0 unspecified atom stereocenters. The van der Waals surface area contributed by atoms with Gasteiger partial charge in [0.25, 0.3) is 0 Å². The number of ether oxygens (including phenoxy) is 1. The zero-order valence-corrected chi connectivity index (χ0v) is 11.1. The molecule has 1 N–H and O–H groups in total. The lowest BCUT2D eigenvalue weighted by Gasteiger charge is -2.19. The number of aromatic amines is 1. The van der Waals surface area contributed by atoms with E-state index in [2.05, 4.69) is 21.8 Å². The van der Waals surface area contributed by atoms with E-state index in [0.717, 1.165) is 5.41 Å². The van der Waals surface area contributed by atoms with Crippen LogP contribution in [0.3, 0.4) is 0 Å². The highest BCUT2D eigenvalue weighted by atomic mass is 32.2. The Labute approximate surface area is 106 Å². The number of nitrogens with zero attached hydrogens (tertiary/aromatic N) is 3. The number of nitrogens with one attached hydrogen (secondary N) is 1. The van der Waals surface area contributed by atoms with Crippen molar-refractivity contribution in [2.24, 2.45) is 0 Å². The van der Waals surface area contributed by atoms with Crippen molar-refractivity contribution in [2.45, 2.75) is 25.5 Å². The van der Waals surface area contributed by atoms with Crippen LogP contribution in [0.2, 0.25) is 0 Å². The van der Waals surface area contributed by atoms with Crippen LogP contribution in [0.15, 0.2) is 12.0 Å². The zero-order chi connectivity index (χ0) is 13.3. The van der Waals surface area contributed by atoms with Gasteiger partial charge in [-0.1, -0.05) is 6.58 Å². The van der Waals surface area contributed by atoms with Crippen LogP contribution in [0.1, 0.15) is 24.1 Å². The average Bonchev–Trinajstić information content (AvgIpc) is 2.94. The highest BCUT2D eigenvalue weighted by Crippen LogP contribution is 2.34. The van der Waals surface area contributed by atoms with E-state index in [9.17, 15) is 8.42 Å². The lowest BCUT2D eigenvalue weighted by Crippen LogP contribution is -2.30. The molecule has 2 rings (SSSR count). The summed E-state index contributed by atoms with van der Waals surface area (Å²) < 4.78 is 30.4. The van der Waals surface area contributed by atoms with Crippen LogP contribution in [-0.4, -0.2) is 47.7 Å². The van der Waals surface area contributed by atoms with Crippen molar-refractivity contribution in [3.05, 3.63) is 23.6 Å². The number of sulfonamides is 1. The smallest absolute Gasteiger partial charge is 0.236 e. The molecule has 1 aromatic heterocycles. The predicted molar refractivity (Wildman–Crippen MR) is 65.1 cm³/mol. The minimum atomic E-state index is -3.51. The summed E-state index contributed by atoms with van der Waals surface area (Å²) in [6.07, 6.45) is 0.393. The molecule has 0 amide bonds. The first-order chi connectivity index (χ1) is 8.47. The van der Waals surface area contributed by atoms with Crippen LogP contribution in [0.4, 0.5) is 0 Å². The third-order valence-electron chi connectivity index (χ3n) is 3.00. The second kappa shape index (κ2) is 4.79. The summed E-state index contributed by atoms with van der Waals surface area (Å²) in [4.78, 5) is 4.20. The molecule has 2 heterocycles. The van der Waals surface area contributed by atoms with Crippen LogP contribution in [0.5, 0.6) is 0 Å². The van der Waals surface area contributed by atoms with E-state index < -0.39 is 16.1 Å². The SMILES string of the molecule is C=CS(=O)(=O)N1C[C@H](OC)C[C@H]1c1n[nH]c(C)n1. The van der Waals surface area contributed by atoms with Crippen LogP contribution >= 0.6 is 0 Å². The number of hydrogen-bond acceptors (Lipinski definition) is 5. The van der Waals surface area contributed by atoms with E-state index in [1.54, 1.807) is 14.0 Å². The first-order valence-electron chi connectivity index (χ1n) is 5.54. The summed E-state index contributed by atoms with van der Waals surface area (Å²) in [6, 6.07) is -0.400. The Morgan fingerprint density at radius 2 is 2.33 bits per heavy atom. The van der Waals surface area contributed by atoms with Crippen molar-refractivity contribution < 1.29 is 13.2 Å². The van der Waals surface area contributed by atoms with Gasteiger partial charge in [0.2, 0.25) is 10.0 Å². The Kier molecular flexibility index (Phi) is 3.51. The van der Waals surface area contributed by atoms with Gasteiger partial charge < -0.3 is 4.74 Å². The molecule has 0 aliphatic carbocycles. The number of methoxy groups -OCH3 is 1. The largest absolute Gasteiger partial charge is 0.380 e. The Balaban J connectivity index is 2.34. The predicted octanol–water partition coefficient (Wildman–Crippen LogP) is 0.348. The summed E-state index contributed by atoms with van der Waals surface area (Å²) in [5.74, 6) is 1.12. The van der Waals surface area contributed by atoms with Crippen molar-refractivity contribution in [1.29, 1.82) is 0 Å². The Morgan fingerprint density at radius 3 is 2.83 bits per heavy atom. The molecule has 1 aromatic rings. The van der Waals surface area contributed by atoms with Gasteiger partial charge in [-0.05, 0) is 13.3 Å². The number of hydrogen-bond donors (Lipinski definition) is 1. The van der Waals surface area contributed by atoms with Crippen molar-refractivity contribution >= 4 is 10.0 Å². The summed E-state index contributed by atoms with van der Waals surface area (Å²) in [6.45, 7) is 5.41. The van der Waals surface area contributed by atoms with Gasteiger partial charge in [0.05, 0.1) is 12.1 Å². The topological polar surface area (TPSA) is 88.2 Å². The second-order valence-corrected chi connectivity index (χ2v) is 6.00. The summed E-state index contributed by atoms with van der Waals surface area (Å²) in [5, 5.41) is 7.69. The van der Waals surface area contributed by atoms with E-state index in [1.165, 1.54) is 4.31 Å². The molecule has 2 atom stereocenters. The third-order valence-corrected chi connectivity index (χ3v) is 4.48. The normalized spacial score (nSPS) is 25.4. The maximum absolute atomic E-state index is 11.9. The van der Waals surface area contributed by atoms with Crippen LogP contribution < -0.4 is 0 Å². The molecule has 1 fully saturated rings. The Bertz CT molecular complexity index is 539. The van der Waals surface area contributed by atoms with E-state index in [-0.39, 0.29) is 6.10 Å². The van der Waals surface area contributed by atoms with Gasteiger partial charge in [0.15, 0.2) is 5.82 Å². The number of aromatic nitrogens is 3. The molecule has 1 saturated heterocycles. The van der Waals surface area contributed by atoms with Gasteiger partial charge in [-0.15, -0.1) is 0 Å². The average molecular weight is 272 g/mol. The molecule has 0 spiro atoms. The van der Waals surface area contributed by atoms with E-state index in [1.807, 2.05) is 0 Å². The first kappa shape index (κ1) is 13.2. The van der Waals surface area contributed by atoms with Gasteiger partial charge in [0, 0.05) is 19.1 Å². The van der Waals surface area contributed by atoms with Gasteiger partial charge >= 0.3 is 0 Å². The number of H-pyrrole nitrogens is 1. The maximum Gasteiger partial charge on any atom is 0.236 e. The molecule has 0 radical (unpaired) electrons. The molecule has 100 valence electrons. The molecule has 1 aliphatic rings. The first-order valence-corrected chi connectivity index (χ1v) is 7.04. The van der Waals surface area contributed by atoms with Crippen LogP contribution in [0, 0.1) is 6.92 Å². The molecule has 0 saturated carbocycles. The standard InChI is InChI=1S/C10H16N4O3S/c1-4-18(15,16)14-6-8(17-3)5-9(14)10-11-7(2)12-13-10/h4,8-9H,1,5-6H2,2-3H3,(H,11,12,13)/t8-,9+/m1/s1. The highest BCUT2D eigenvalue weighted by molar-refractivity contribution is 7.92. The fraction of sp³-hybridized carbons (Fsp3) is 0.600. The minimum Gasteiger partial charge on any atom is -0.380 e. The Hall–Kier alpha value is -1.25. The third kappa shape index (κ3) is 2.31. The lowest BCUT2D eigenvalue weighted by molar-refractivity contribution is 0.114. The molecule has 0 bridgehead atoms. The molecule has 0 aromatic carbocycles. The van der Waals surface area contributed by atoms with Gasteiger partial charge in [-0.25, -0.2) is 13.4 Å². The lowest BCUT2D eigenvalue weighted by atomic mass is 10.2. The molecule has 18 heavy (non-hydrogen) atoms. The molecular formula is C10H16N4O3S. The number of aryl methyl sites for hydroxylation is 1. The summed E-state index contributed by atoms with van der Waals surface area (Å²) in [5.41, 5.74) is 0. The second-order valence-electron chi connectivity index (χ2n) is 4.17. The van der Waals surface area contributed by atoms with Crippen molar-refractivity contribution in [2.75, 3.05) is 13.7 Å². The molecule has 7 nitrogen and oxygen atoms in total. The monoisotopic (exact) mass is 272 g/mol. The molecule has 8 heteroatoms. The minimum absolute atomic E-state index is 0.150. The Morgan fingerprint density at radius 1 is 1.61 bits per heavy atom. The van der Waals surface area contributed by atoms with Crippen molar-refractivity contribution in [3.8, 4) is 0 Å². The van der Waals surface area contributed by atoms with Gasteiger partial charge in [-0.3, -0.25) is 5.10 Å².